The maximum atomic E-state index is 12.9. The molecule has 10 heteroatoms. The Morgan fingerprint density at radius 2 is 1.74 bits per heavy atom. The van der Waals surface area contributed by atoms with Crippen LogP contribution in [0.2, 0.25) is 0 Å². The molecule has 2 N–H and O–H groups in total. The molecule has 0 aliphatic heterocycles. The Labute approximate surface area is 178 Å². The zero-order valence-corrected chi connectivity index (χ0v) is 17.5. The van der Waals surface area contributed by atoms with Gasteiger partial charge in [-0.05, 0) is 42.8 Å². The predicted octanol–water partition coefficient (Wildman–Crippen LogP) is 4.32. The summed E-state index contributed by atoms with van der Waals surface area (Å²) in [5.74, 6) is -0.0555. The lowest BCUT2D eigenvalue weighted by Gasteiger charge is -2.13. The zero-order chi connectivity index (χ0) is 22.6. The van der Waals surface area contributed by atoms with Gasteiger partial charge in [0, 0.05) is 17.8 Å². The van der Waals surface area contributed by atoms with Crippen molar-refractivity contribution in [2.45, 2.75) is 6.92 Å². The van der Waals surface area contributed by atoms with Gasteiger partial charge in [-0.1, -0.05) is 24.3 Å². The van der Waals surface area contributed by atoms with Gasteiger partial charge in [0.1, 0.15) is 11.5 Å². The zero-order valence-electron chi connectivity index (χ0n) is 16.7. The van der Waals surface area contributed by atoms with Gasteiger partial charge in [0.2, 0.25) is 10.0 Å². The lowest BCUT2D eigenvalue weighted by molar-refractivity contribution is -0.384. The van der Waals surface area contributed by atoms with Crippen molar-refractivity contribution >= 4 is 33.0 Å². The number of sulfonamides is 1. The molecule has 0 spiro atoms. The topological polar surface area (TPSA) is 128 Å². The average Bonchev–Trinajstić information content (AvgIpc) is 2.70. The van der Waals surface area contributed by atoms with Gasteiger partial charge < -0.3 is 10.1 Å². The minimum Gasteiger partial charge on any atom is -0.457 e. The Morgan fingerprint density at radius 3 is 2.39 bits per heavy atom. The molecule has 0 radical (unpaired) electrons. The Hall–Kier alpha value is -3.92. The summed E-state index contributed by atoms with van der Waals surface area (Å²) in [7, 11) is -3.51. The van der Waals surface area contributed by atoms with E-state index in [1.807, 2.05) is 0 Å². The maximum absolute atomic E-state index is 12.9. The third-order valence-electron chi connectivity index (χ3n) is 4.18. The SMILES string of the molecule is Cc1ccc(NC(=O)c2cc([N+](=O)[O-])ccc2Oc2ccccc2)cc1NS(C)(=O)=O. The average molecular weight is 441 g/mol. The van der Waals surface area contributed by atoms with Gasteiger partial charge in [-0.3, -0.25) is 19.6 Å². The number of nitro benzene ring substituents is 1. The van der Waals surface area contributed by atoms with Crippen LogP contribution in [0, 0.1) is 17.0 Å². The summed E-state index contributed by atoms with van der Waals surface area (Å²) in [6.07, 6.45) is 1.02. The highest BCUT2D eigenvalue weighted by Crippen LogP contribution is 2.30. The minimum atomic E-state index is -3.51. The number of amides is 1. The number of non-ortho nitro benzene ring substituents is 1. The fraction of sp³-hybridized carbons (Fsp3) is 0.0952. The summed E-state index contributed by atoms with van der Waals surface area (Å²) in [5, 5.41) is 13.8. The van der Waals surface area contributed by atoms with Crippen LogP contribution >= 0.6 is 0 Å². The molecule has 3 aromatic carbocycles. The number of rotatable bonds is 7. The first kappa shape index (κ1) is 21.8. The lowest BCUT2D eigenvalue weighted by atomic mass is 10.1. The van der Waals surface area contributed by atoms with Gasteiger partial charge in [0.05, 0.1) is 22.4 Å². The second kappa shape index (κ2) is 8.84. The number of ether oxygens (including phenoxy) is 1. The number of benzene rings is 3. The first-order valence-electron chi connectivity index (χ1n) is 9.03. The molecule has 31 heavy (non-hydrogen) atoms. The molecule has 3 aromatic rings. The number of para-hydroxylation sites is 1. The molecular weight excluding hydrogens is 422 g/mol. The molecule has 0 atom stereocenters. The number of hydrogen-bond acceptors (Lipinski definition) is 6. The molecule has 0 unspecified atom stereocenters. The maximum Gasteiger partial charge on any atom is 0.270 e. The van der Waals surface area contributed by atoms with Gasteiger partial charge in [0.25, 0.3) is 11.6 Å². The molecule has 0 bridgehead atoms. The van der Waals surface area contributed by atoms with Gasteiger partial charge in [-0.15, -0.1) is 0 Å². The van der Waals surface area contributed by atoms with E-state index in [1.165, 1.54) is 18.2 Å². The molecule has 160 valence electrons. The van der Waals surface area contributed by atoms with Crippen LogP contribution in [-0.4, -0.2) is 25.5 Å². The fourth-order valence-electron chi connectivity index (χ4n) is 2.72. The number of hydrogen-bond donors (Lipinski definition) is 2. The van der Waals surface area contributed by atoms with Crippen LogP contribution in [0.25, 0.3) is 0 Å². The summed E-state index contributed by atoms with van der Waals surface area (Å²) >= 11 is 0. The minimum absolute atomic E-state index is 0.0451. The van der Waals surface area contributed by atoms with E-state index in [4.69, 9.17) is 4.74 Å². The Morgan fingerprint density at radius 1 is 1.03 bits per heavy atom. The van der Waals surface area contributed by atoms with E-state index in [2.05, 4.69) is 10.0 Å². The van der Waals surface area contributed by atoms with E-state index in [0.29, 0.717) is 22.7 Å². The van der Waals surface area contributed by atoms with Crippen molar-refractivity contribution in [2.24, 2.45) is 0 Å². The van der Waals surface area contributed by atoms with Crippen LogP contribution < -0.4 is 14.8 Å². The molecule has 0 aliphatic carbocycles. The van der Waals surface area contributed by atoms with Gasteiger partial charge in [-0.25, -0.2) is 8.42 Å². The number of carbonyl (C=O) groups excluding carboxylic acids is 1. The van der Waals surface area contributed by atoms with E-state index in [1.54, 1.807) is 49.4 Å². The molecule has 0 fully saturated rings. The van der Waals surface area contributed by atoms with Crippen molar-refractivity contribution in [3.8, 4) is 11.5 Å². The highest BCUT2D eigenvalue weighted by Gasteiger charge is 2.19. The van der Waals surface area contributed by atoms with E-state index >= 15 is 0 Å². The smallest absolute Gasteiger partial charge is 0.270 e. The first-order valence-corrected chi connectivity index (χ1v) is 10.9. The molecule has 0 saturated heterocycles. The number of nitro groups is 1. The lowest BCUT2D eigenvalue weighted by Crippen LogP contribution is -2.15. The van der Waals surface area contributed by atoms with Crippen LogP contribution in [0.1, 0.15) is 15.9 Å². The molecule has 9 nitrogen and oxygen atoms in total. The molecule has 1 amide bonds. The van der Waals surface area contributed by atoms with Crippen LogP contribution in [0.3, 0.4) is 0 Å². The largest absolute Gasteiger partial charge is 0.457 e. The number of aryl methyl sites for hydroxylation is 1. The third kappa shape index (κ3) is 5.80. The summed E-state index contributed by atoms with van der Waals surface area (Å²) in [4.78, 5) is 23.5. The Kier molecular flexibility index (Phi) is 6.21. The van der Waals surface area contributed by atoms with Crippen LogP contribution in [0.4, 0.5) is 17.1 Å². The van der Waals surface area contributed by atoms with Crippen molar-refractivity contribution in [3.05, 3.63) is 88.0 Å². The standard InChI is InChI=1S/C21H19N3O6S/c1-14-8-9-15(12-19(14)23-31(2,28)29)22-21(25)18-13-16(24(26)27)10-11-20(18)30-17-6-4-3-5-7-17/h3-13,23H,1-2H3,(H,22,25). The van der Waals surface area contributed by atoms with Crippen LogP contribution in [-0.2, 0) is 10.0 Å². The highest BCUT2D eigenvalue weighted by molar-refractivity contribution is 7.92. The number of anilines is 2. The van der Waals surface area contributed by atoms with Crippen LogP contribution in [0.5, 0.6) is 11.5 Å². The quantitative estimate of drug-likeness (QED) is 0.415. The predicted molar refractivity (Wildman–Crippen MR) is 117 cm³/mol. The fourth-order valence-corrected chi connectivity index (χ4v) is 3.34. The third-order valence-corrected chi connectivity index (χ3v) is 4.77. The Balaban J connectivity index is 1.94. The van der Waals surface area contributed by atoms with Crippen molar-refractivity contribution in [1.29, 1.82) is 0 Å². The van der Waals surface area contributed by atoms with Crippen molar-refractivity contribution < 1.29 is 22.9 Å². The summed E-state index contributed by atoms with van der Waals surface area (Å²) in [6.45, 7) is 1.71. The van der Waals surface area contributed by atoms with Crippen LogP contribution in [0.15, 0.2) is 66.7 Å². The van der Waals surface area contributed by atoms with E-state index < -0.39 is 20.9 Å². The normalized spacial score (nSPS) is 10.9. The summed E-state index contributed by atoms with van der Waals surface area (Å²) < 4.78 is 31.2. The monoisotopic (exact) mass is 441 g/mol. The molecule has 0 aliphatic rings. The summed E-state index contributed by atoms with van der Waals surface area (Å²) in [5.41, 5.74) is 0.955. The van der Waals surface area contributed by atoms with E-state index in [-0.39, 0.29) is 17.0 Å². The Bertz CT molecular complexity index is 1240. The van der Waals surface area contributed by atoms with Crippen molar-refractivity contribution in [3.63, 3.8) is 0 Å². The second-order valence-electron chi connectivity index (χ2n) is 6.71. The number of nitrogens with zero attached hydrogens (tertiary/aromatic N) is 1. The molecule has 3 rings (SSSR count). The molecule has 0 aromatic heterocycles. The molecule has 0 saturated carbocycles. The molecule has 0 heterocycles. The van der Waals surface area contributed by atoms with Gasteiger partial charge >= 0.3 is 0 Å². The van der Waals surface area contributed by atoms with Crippen molar-refractivity contribution in [2.75, 3.05) is 16.3 Å². The summed E-state index contributed by atoms with van der Waals surface area (Å²) in [6, 6.07) is 17.1. The van der Waals surface area contributed by atoms with E-state index in [0.717, 1.165) is 12.3 Å². The number of carbonyl (C=O) groups is 1. The first-order chi connectivity index (χ1) is 14.6. The van der Waals surface area contributed by atoms with Crippen molar-refractivity contribution in [1.82, 2.24) is 0 Å². The van der Waals surface area contributed by atoms with E-state index in [9.17, 15) is 23.3 Å². The number of nitrogens with one attached hydrogen (secondary N) is 2. The van der Waals surface area contributed by atoms with Gasteiger partial charge in [0.15, 0.2) is 0 Å². The molecular formula is C21H19N3O6S. The second-order valence-corrected chi connectivity index (χ2v) is 8.46. The highest BCUT2D eigenvalue weighted by atomic mass is 32.2. The van der Waals surface area contributed by atoms with Gasteiger partial charge in [-0.2, -0.15) is 0 Å².